The van der Waals surface area contributed by atoms with Crippen LogP contribution in [0.1, 0.15) is 24.9 Å². The molecular formula is C16H19NO3. The highest BCUT2D eigenvalue weighted by Gasteiger charge is 2.12. The van der Waals surface area contributed by atoms with Gasteiger partial charge in [-0.15, -0.1) is 0 Å². The molecule has 1 unspecified atom stereocenters. The molecule has 0 spiro atoms. The molecule has 0 aliphatic heterocycles. The average molecular weight is 273 g/mol. The number of benzene rings is 2. The van der Waals surface area contributed by atoms with Crippen molar-refractivity contribution in [1.82, 2.24) is 0 Å². The summed E-state index contributed by atoms with van der Waals surface area (Å²) in [5.41, 5.74) is 6.93. The summed E-state index contributed by atoms with van der Waals surface area (Å²) in [5, 5.41) is 2.09. The highest BCUT2D eigenvalue weighted by Crippen LogP contribution is 2.32. The molecule has 0 saturated heterocycles. The Morgan fingerprint density at radius 2 is 2.00 bits per heavy atom. The Balaban J connectivity index is 2.32. The van der Waals surface area contributed by atoms with Crippen molar-refractivity contribution in [3.05, 3.63) is 42.0 Å². The number of methoxy groups -OCH3 is 1. The van der Waals surface area contributed by atoms with Gasteiger partial charge in [-0.25, -0.2) is 0 Å². The van der Waals surface area contributed by atoms with Gasteiger partial charge in [-0.1, -0.05) is 36.4 Å². The molecule has 106 valence electrons. The number of carbonyl (C=O) groups excluding carboxylic acids is 1. The maximum absolute atomic E-state index is 11.2. The second-order valence-corrected chi connectivity index (χ2v) is 4.67. The van der Waals surface area contributed by atoms with Gasteiger partial charge in [-0.3, -0.25) is 4.79 Å². The van der Waals surface area contributed by atoms with Gasteiger partial charge < -0.3 is 15.2 Å². The SMILES string of the molecule is COC(=O)CCOc1c(C(C)N)ccc2ccccc12. The Hall–Kier alpha value is -2.07. The van der Waals surface area contributed by atoms with E-state index >= 15 is 0 Å². The van der Waals surface area contributed by atoms with Crippen molar-refractivity contribution in [2.24, 2.45) is 5.73 Å². The van der Waals surface area contributed by atoms with Gasteiger partial charge in [-0.2, -0.15) is 0 Å². The quantitative estimate of drug-likeness (QED) is 0.851. The van der Waals surface area contributed by atoms with Crippen molar-refractivity contribution in [3.8, 4) is 5.75 Å². The van der Waals surface area contributed by atoms with Crippen LogP contribution in [0.15, 0.2) is 36.4 Å². The van der Waals surface area contributed by atoms with Crippen LogP contribution in [-0.2, 0) is 9.53 Å². The molecule has 0 heterocycles. The molecule has 1 atom stereocenters. The van der Waals surface area contributed by atoms with E-state index in [0.717, 1.165) is 22.1 Å². The molecule has 2 aromatic rings. The summed E-state index contributed by atoms with van der Waals surface area (Å²) in [6, 6.07) is 11.8. The lowest BCUT2D eigenvalue weighted by Crippen LogP contribution is -2.11. The number of fused-ring (bicyclic) bond motifs is 1. The van der Waals surface area contributed by atoms with Crippen LogP contribution in [0.2, 0.25) is 0 Å². The molecule has 20 heavy (non-hydrogen) atoms. The molecule has 2 aromatic carbocycles. The minimum Gasteiger partial charge on any atom is -0.492 e. The van der Waals surface area contributed by atoms with E-state index in [1.807, 2.05) is 43.3 Å². The van der Waals surface area contributed by atoms with Crippen molar-refractivity contribution >= 4 is 16.7 Å². The molecule has 0 aromatic heterocycles. The summed E-state index contributed by atoms with van der Waals surface area (Å²) in [5.74, 6) is 0.467. The second kappa shape index (κ2) is 6.39. The number of esters is 1. The first-order valence-corrected chi connectivity index (χ1v) is 6.60. The topological polar surface area (TPSA) is 61.5 Å². The first kappa shape index (κ1) is 14.3. The minimum atomic E-state index is -0.285. The van der Waals surface area contributed by atoms with Gasteiger partial charge in [0.1, 0.15) is 5.75 Å². The lowest BCUT2D eigenvalue weighted by atomic mass is 10.0. The lowest BCUT2D eigenvalue weighted by molar-refractivity contribution is -0.141. The van der Waals surface area contributed by atoms with Gasteiger partial charge in [0.05, 0.1) is 20.1 Å². The lowest BCUT2D eigenvalue weighted by Gasteiger charge is -2.16. The Kier molecular flexibility index (Phi) is 4.58. The van der Waals surface area contributed by atoms with Gasteiger partial charge >= 0.3 is 5.97 Å². The molecule has 0 aliphatic rings. The fourth-order valence-corrected chi connectivity index (χ4v) is 2.12. The molecule has 0 fully saturated rings. The van der Waals surface area contributed by atoms with Crippen LogP contribution in [0.3, 0.4) is 0 Å². The zero-order chi connectivity index (χ0) is 14.5. The van der Waals surface area contributed by atoms with Crippen LogP contribution in [0, 0.1) is 0 Å². The third-order valence-electron chi connectivity index (χ3n) is 3.18. The van der Waals surface area contributed by atoms with Crippen LogP contribution in [0.5, 0.6) is 5.75 Å². The molecule has 0 saturated carbocycles. The minimum absolute atomic E-state index is 0.132. The number of rotatable bonds is 5. The van der Waals surface area contributed by atoms with Crippen molar-refractivity contribution in [2.75, 3.05) is 13.7 Å². The Morgan fingerprint density at radius 1 is 1.25 bits per heavy atom. The molecule has 0 radical (unpaired) electrons. The van der Waals surface area contributed by atoms with E-state index in [9.17, 15) is 4.79 Å². The molecular weight excluding hydrogens is 254 g/mol. The van der Waals surface area contributed by atoms with Crippen LogP contribution in [0.25, 0.3) is 10.8 Å². The number of ether oxygens (including phenoxy) is 2. The van der Waals surface area contributed by atoms with Crippen LogP contribution in [0.4, 0.5) is 0 Å². The molecule has 4 heteroatoms. The van der Waals surface area contributed by atoms with Crippen LogP contribution < -0.4 is 10.5 Å². The van der Waals surface area contributed by atoms with E-state index in [1.165, 1.54) is 7.11 Å². The van der Waals surface area contributed by atoms with E-state index in [4.69, 9.17) is 10.5 Å². The highest BCUT2D eigenvalue weighted by atomic mass is 16.5. The van der Waals surface area contributed by atoms with Gasteiger partial charge in [0.15, 0.2) is 0 Å². The average Bonchev–Trinajstić information content (AvgIpc) is 2.46. The zero-order valence-corrected chi connectivity index (χ0v) is 11.8. The monoisotopic (exact) mass is 273 g/mol. The standard InChI is InChI=1S/C16H19NO3/c1-11(17)13-8-7-12-5-3-4-6-14(12)16(13)20-10-9-15(18)19-2/h3-8,11H,9-10,17H2,1-2H3. The Morgan fingerprint density at radius 3 is 2.70 bits per heavy atom. The third-order valence-corrected chi connectivity index (χ3v) is 3.18. The number of hydrogen-bond acceptors (Lipinski definition) is 4. The van der Waals surface area contributed by atoms with E-state index < -0.39 is 0 Å². The largest absolute Gasteiger partial charge is 0.492 e. The number of carbonyl (C=O) groups is 1. The molecule has 2 rings (SSSR count). The van der Waals surface area contributed by atoms with Gasteiger partial charge in [0.25, 0.3) is 0 Å². The first-order valence-electron chi connectivity index (χ1n) is 6.60. The molecule has 0 aliphatic carbocycles. The molecule has 4 nitrogen and oxygen atoms in total. The smallest absolute Gasteiger partial charge is 0.308 e. The number of nitrogens with two attached hydrogens (primary N) is 1. The van der Waals surface area contributed by atoms with E-state index in [2.05, 4.69) is 4.74 Å². The fraction of sp³-hybridized carbons (Fsp3) is 0.312. The second-order valence-electron chi connectivity index (χ2n) is 4.67. The first-order chi connectivity index (χ1) is 9.63. The van der Waals surface area contributed by atoms with E-state index in [1.54, 1.807) is 0 Å². The zero-order valence-electron chi connectivity index (χ0n) is 11.8. The Bertz CT molecular complexity index is 608. The normalized spacial score (nSPS) is 12.2. The summed E-state index contributed by atoms with van der Waals surface area (Å²) >= 11 is 0. The van der Waals surface area contributed by atoms with E-state index in [-0.39, 0.29) is 25.0 Å². The predicted molar refractivity (Wildman–Crippen MR) is 78.7 cm³/mol. The van der Waals surface area contributed by atoms with E-state index in [0.29, 0.717) is 0 Å². The summed E-state index contributed by atoms with van der Waals surface area (Å²) < 4.78 is 10.4. The predicted octanol–water partition coefficient (Wildman–Crippen LogP) is 2.80. The summed E-state index contributed by atoms with van der Waals surface area (Å²) in [7, 11) is 1.37. The number of hydrogen-bond donors (Lipinski definition) is 1. The van der Waals surface area contributed by atoms with Crippen LogP contribution in [-0.4, -0.2) is 19.7 Å². The van der Waals surface area contributed by atoms with Crippen LogP contribution >= 0.6 is 0 Å². The van der Waals surface area contributed by atoms with Crippen molar-refractivity contribution < 1.29 is 14.3 Å². The summed E-state index contributed by atoms with van der Waals surface area (Å²) in [6.07, 6.45) is 0.220. The maximum atomic E-state index is 11.2. The summed E-state index contributed by atoms with van der Waals surface area (Å²) in [6.45, 7) is 2.19. The van der Waals surface area contributed by atoms with Crippen molar-refractivity contribution in [1.29, 1.82) is 0 Å². The highest BCUT2D eigenvalue weighted by molar-refractivity contribution is 5.89. The Labute approximate surface area is 118 Å². The van der Waals surface area contributed by atoms with Gasteiger partial charge in [-0.05, 0) is 12.3 Å². The third kappa shape index (κ3) is 3.08. The fourth-order valence-electron chi connectivity index (χ4n) is 2.12. The summed E-state index contributed by atoms with van der Waals surface area (Å²) in [4.78, 5) is 11.2. The molecule has 0 amide bonds. The van der Waals surface area contributed by atoms with Crippen molar-refractivity contribution in [2.45, 2.75) is 19.4 Å². The molecule has 2 N–H and O–H groups in total. The van der Waals surface area contributed by atoms with Crippen molar-refractivity contribution in [3.63, 3.8) is 0 Å². The van der Waals surface area contributed by atoms with Gasteiger partial charge in [0, 0.05) is 17.0 Å². The maximum Gasteiger partial charge on any atom is 0.308 e. The molecule has 0 bridgehead atoms. The van der Waals surface area contributed by atoms with Gasteiger partial charge in [0.2, 0.25) is 0 Å².